The lowest BCUT2D eigenvalue weighted by molar-refractivity contribution is -0.131. The van der Waals surface area contributed by atoms with Gasteiger partial charge in [-0.15, -0.1) is 0 Å². The third-order valence-corrected chi connectivity index (χ3v) is 2.72. The van der Waals surface area contributed by atoms with Crippen molar-refractivity contribution in [2.45, 2.75) is 0 Å². The molecule has 0 saturated carbocycles. The number of rotatable bonds is 2. The second-order valence-corrected chi connectivity index (χ2v) is 3.93. The molecule has 0 spiro atoms. The summed E-state index contributed by atoms with van der Waals surface area (Å²) >= 11 is 2.12. The molecule has 0 aliphatic heterocycles. The van der Waals surface area contributed by atoms with Crippen LogP contribution in [0.4, 0.5) is 0 Å². The lowest BCUT2D eigenvalue weighted by Crippen LogP contribution is -1.97. The largest absolute Gasteiger partial charge is 0.478 e. The highest BCUT2D eigenvalue weighted by molar-refractivity contribution is 14.1. The molecule has 5 nitrogen and oxygen atoms in total. The minimum atomic E-state index is -0.983. The molecule has 1 N–H and O–H groups in total. The first kappa shape index (κ1) is 10.1. The molecule has 2 rings (SSSR count). The normalized spacial score (nSPS) is 11.3. The van der Waals surface area contributed by atoms with E-state index in [0.717, 1.165) is 9.65 Å². The first-order valence-corrected chi connectivity index (χ1v) is 5.15. The van der Waals surface area contributed by atoms with Gasteiger partial charge in [-0.2, -0.15) is 5.10 Å². The van der Waals surface area contributed by atoms with Crippen molar-refractivity contribution in [1.29, 1.82) is 0 Å². The van der Waals surface area contributed by atoms with E-state index in [2.05, 4.69) is 32.7 Å². The fraction of sp³-hybridized carbons (Fsp3) is 0. The minimum absolute atomic E-state index is 0.695. The van der Waals surface area contributed by atoms with Crippen LogP contribution in [0.1, 0.15) is 5.69 Å². The third-order valence-electron chi connectivity index (χ3n) is 1.81. The Balaban J connectivity index is 2.61. The Bertz CT molecular complexity index is 547. The molecule has 0 radical (unpaired) electrons. The van der Waals surface area contributed by atoms with Crippen LogP contribution in [-0.4, -0.2) is 25.7 Å². The van der Waals surface area contributed by atoms with Gasteiger partial charge in [0.05, 0.1) is 5.69 Å². The van der Waals surface area contributed by atoms with Gasteiger partial charge < -0.3 is 5.11 Å². The van der Waals surface area contributed by atoms with E-state index in [4.69, 9.17) is 5.11 Å². The van der Waals surface area contributed by atoms with Crippen molar-refractivity contribution >= 4 is 40.3 Å². The molecule has 0 amide bonds. The monoisotopic (exact) mass is 315 g/mol. The summed E-state index contributed by atoms with van der Waals surface area (Å²) in [5.74, 6) is -0.983. The first-order chi connectivity index (χ1) is 7.18. The summed E-state index contributed by atoms with van der Waals surface area (Å²) in [5.41, 5.74) is 1.41. The Morgan fingerprint density at radius 2 is 2.33 bits per heavy atom. The van der Waals surface area contributed by atoms with Gasteiger partial charge in [0, 0.05) is 9.65 Å². The SMILES string of the molecule is O=C(O)/C=C/c1c(I)ccc2ncnn12. The zero-order valence-electron chi connectivity index (χ0n) is 7.46. The first-order valence-electron chi connectivity index (χ1n) is 4.08. The second kappa shape index (κ2) is 3.97. The molecular formula is C9H6IN3O2. The van der Waals surface area contributed by atoms with Gasteiger partial charge in [0.2, 0.25) is 0 Å². The summed E-state index contributed by atoms with van der Waals surface area (Å²) in [6.45, 7) is 0. The molecule has 0 bridgehead atoms. The number of fused-ring (bicyclic) bond motifs is 1. The molecule has 0 aromatic carbocycles. The van der Waals surface area contributed by atoms with Gasteiger partial charge >= 0.3 is 5.97 Å². The number of hydrogen-bond donors (Lipinski definition) is 1. The van der Waals surface area contributed by atoms with E-state index in [9.17, 15) is 4.79 Å². The van der Waals surface area contributed by atoms with Crippen LogP contribution >= 0.6 is 22.6 Å². The smallest absolute Gasteiger partial charge is 0.328 e. The predicted octanol–water partition coefficient (Wildman–Crippen LogP) is 1.43. The zero-order chi connectivity index (χ0) is 10.8. The van der Waals surface area contributed by atoms with Crippen LogP contribution in [0, 0.1) is 3.57 Å². The van der Waals surface area contributed by atoms with Crippen LogP contribution in [0.2, 0.25) is 0 Å². The number of halogens is 1. The molecule has 2 aromatic rings. The lowest BCUT2D eigenvalue weighted by Gasteiger charge is -2.00. The molecule has 0 aliphatic carbocycles. The van der Waals surface area contributed by atoms with E-state index in [1.54, 1.807) is 4.52 Å². The average molecular weight is 315 g/mol. The summed E-state index contributed by atoms with van der Waals surface area (Å²) in [7, 11) is 0. The maximum absolute atomic E-state index is 10.4. The number of pyridine rings is 1. The Morgan fingerprint density at radius 1 is 1.53 bits per heavy atom. The quantitative estimate of drug-likeness (QED) is 0.672. The summed E-state index contributed by atoms with van der Waals surface area (Å²) in [6, 6.07) is 3.69. The summed E-state index contributed by atoms with van der Waals surface area (Å²) in [4.78, 5) is 14.4. The maximum Gasteiger partial charge on any atom is 0.328 e. The van der Waals surface area contributed by atoms with E-state index in [1.807, 2.05) is 12.1 Å². The number of carboxylic acid groups (broad SMARTS) is 1. The van der Waals surface area contributed by atoms with Gasteiger partial charge in [-0.05, 0) is 40.8 Å². The third kappa shape index (κ3) is 1.99. The van der Waals surface area contributed by atoms with Gasteiger partial charge in [0.1, 0.15) is 6.33 Å². The molecule has 0 saturated heterocycles. The van der Waals surface area contributed by atoms with Crippen molar-refractivity contribution in [2.75, 3.05) is 0 Å². The fourth-order valence-corrected chi connectivity index (χ4v) is 1.77. The molecule has 2 aromatic heterocycles. The zero-order valence-corrected chi connectivity index (χ0v) is 9.62. The summed E-state index contributed by atoms with van der Waals surface area (Å²) in [5, 5.41) is 12.6. The van der Waals surface area contributed by atoms with Crippen LogP contribution in [0.5, 0.6) is 0 Å². The Kier molecular flexibility index (Phi) is 2.67. The van der Waals surface area contributed by atoms with Crippen LogP contribution < -0.4 is 0 Å². The van der Waals surface area contributed by atoms with E-state index >= 15 is 0 Å². The van der Waals surface area contributed by atoms with Gasteiger partial charge in [-0.3, -0.25) is 0 Å². The lowest BCUT2D eigenvalue weighted by atomic mass is 10.3. The summed E-state index contributed by atoms with van der Waals surface area (Å²) in [6.07, 6.45) is 4.02. The van der Waals surface area contributed by atoms with Crippen molar-refractivity contribution in [3.63, 3.8) is 0 Å². The van der Waals surface area contributed by atoms with Crippen LogP contribution in [0.3, 0.4) is 0 Å². The highest BCUT2D eigenvalue weighted by atomic mass is 127. The Morgan fingerprint density at radius 3 is 3.07 bits per heavy atom. The molecule has 0 aliphatic rings. The number of aliphatic carboxylic acids is 1. The van der Waals surface area contributed by atoms with Crippen LogP contribution in [0.25, 0.3) is 11.7 Å². The minimum Gasteiger partial charge on any atom is -0.478 e. The second-order valence-electron chi connectivity index (χ2n) is 2.77. The predicted molar refractivity (Wildman–Crippen MR) is 62.4 cm³/mol. The number of aromatic nitrogens is 3. The molecular weight excluding hydrogens is 309 g/mol. The Labute approximate surface area is 98.6 Å². The molecule has 0 fully saturated rings. The summed E-state index contributed by atoms with van der Waals surface area (Å²) < 4.78 is 2.52. The van der Waals surface area contributed by atoms with Gasteiger partial charge in [-0.1, -0.05) is 0 Å². The highest BCUT2D eigenvalue weighted by Crippen LogP contribution is 2.14. The Hall–Kier alpha value is -1.44. The van der Waals surface area contributed by atoms with Crippen molar-refractivity contribution in [3.05, 3.63) is 33.8 Å². The average Bonchev–Trinajstić information content (AvgIpc) is 2.63. The van der Waals surface area contributed by atoms with E-state index in [1.165, 1.54) is 12.4 Å². The molecule has 2 heterocycles. The van der Waals surface area contributed by atoms with Gasteiger partial charge in [-0.25, -0.2) is 14.3 Å². The number of hydrogen-bond acceptors (Lipinski definition) is 3. The number of carbonyl (C=O) groups is 1. The van der Waals surface area contributed by atoms with Crippen LogP contribution in [-0.2, 0) is 4.79 Å². The molecule has 0 unspecified atom stereocenters. The highest BCUT2D eigenvalue weighted by Gasteiger charge is 2.04. The molecule has 6 heteroatoms. The van der Waals surface area contributed by atoms with Gasteiger partial charge in [0.15, 0.2) is 5.65 Å². The van der Waals surface area contributed by atoms with Crippen molar-refractivity contribution in [2.24, 2.45) is 0 Å². The number of nitrogens with zero attached hydrogens (tertiary/aromatic N) is 3. The number of carboxylic acids is 1. The molecule has 0 atom stereocenters. The van der Waals surface area contributed by atoms with E-state index in [0.29, 0.717) is 11.3 Å². The molecule has 76 valence electrons. The maximum atomic E-state index is 10.4. The fourth-order valence-electron chi connectivity index (χ4n) is 1.18. The van der Waals surface area contributed by atoms with E-state index < -0.39 is 5.97 Å². The standard InChI is InChI=1S/C9H6IN3O2/c10-6-1-3-8-11-5-12-13(8)7(6)2-4-9(14)15/h1-5H,(H,14,15)/b4-2+. The van der Waals surface area contributed by atoms with Crippen molar-refractivity contribution < 1.29 is 9.90 Å². The van der Waals surface area contributed by atoms with Crippen molar-refractivity contribution in [3.8, 4) is 0 Å². The van der Waals surface area contributed by atoms with Gasteiger partial charge in [0.25, 0.3) is 0 Å². The topological polar surface area (TPSA) is 67.5 Å². The molecule has 15 heavy (non-hydrogen) atoms. The van der Waals surface area contributed by atoms with Crippen LogP contribution in [0.15, 0.2) is 24.5 Å². The van der Waals surface area contributed by atoms with E-state index in [-0.39, 0.29) is 0 Å². The van der Waals surface area contributed by atoms with Crippen molar-refractivity contribution in [1.82, 2.24) is 14.6 Å².